The van der Waals surface area contributed by atoms with Crippen LogP contribution < -0.4 is 9.80 Å². The molecular weight excluding hydrogens is 757 g/mol. The summed E-state index contributed by atoms with van der Waals surface area (Å²) in [7, 11) is 0. The van der Waals surface area contributed by atoms with Crippen molar-refractivity contribution in [3.8, 4) is 11.1 Å². The number of anilines is 6. The van der Waals surface area contributed by atoms with Gasteiger partial charge in [0, 0.05) is 59.7 Å². The van der Waals surface area contributed by atoms with Gasteiger partial charge in [-0.1, -0.05) is 147 Å². The Hall–Kier alpha value is -7.20. The lowest BCUT2D eigenvalue weighted by Gasteiger charge is -2.46. The third-order valence-electron chi connectivity index (χ3n) is 13.3. The molecule has 0 unspecified atom stereocenters. The van der Waals surface area contributed by atoms with Gasteiger partial charge in [0.2, 0.25) is 0 Å². The molecule has 9 aromatic carbocycles. The maximum atomic E-state index is 2.51. The number of para-hydroxylation sites is 2. The van der Waals surface area contributed by atoms with Gasteiger partial charge in [0.15, 0.2) is 0 Å². The highest BCUT2D eigenvalue weighted by Crippen LogP contribution is 2.62. The second-order valence-electron chi connectivity index (χ2n) is 16.9. The van der Waals surface area contributed by atoms with Crippen LogP contribution in [-0.2, 0) is 10.8 Å². The van der Waals surface area contributed by atoms with Crippen LogP contribution in [0.4, 0.5) is 34.1 Å². The highest BCUT2D eigenvalue weighted by Gasteiger charge is 2.53. The Bertz CT molecular complexity index is 3200. The second kappa shape index (κ2) is 13.7. The van der Waals surface area contributed by atoms with Crippen molar-refractivity contribution in [3.05, 3.63) is 252 Å². The Morgan fingerprint density at radius 3 is 1.38 bits per heavy atom. The zero-order chi connectivity index (χ0) is 40.7. The summed E-state index contributed by atoms with van der Waals surface area (Å²) in [5, 5.41) is 2.57. The van der Waals surface area contributed by atoms with E-state index in [1.807, 2.05) is 11.3 Å². The number of hydrogen-bond donors (Lipinski definition) is 0. The average molecular weight is 799 g/mol. The highest BCUT2D eigenvalue weighted by atomic mass is 32.1. The van der Waals surface area contributed by atoms with Crippen molar-refractivity contribution in [2.24, 2.45) is 0 Å². The van der Waals surface area contributed by atoms with Gasteiger partial charge in [0.1, 0.15) is 0 Å². The molecule has 10 aromatic rings. The lowest BCUT2D eigenvalue weighted by atomic mass is 9.55. The molecule has 1 aromatic heterocycles. The van der Waals surface area contributed by atoms with Crippen molar-refractivity contribution in [1.29, 1.82) is 0 Å². The number of thiophene rings is 1. The number of rotatable bonds is 6. The van der Waals surface area contributed by atoms with E-state index in [4.69, 9.17) is 0 Å². The number of nitrogens with zero attached hydrogens (tertiary/aromatic N) is 2. The third kappa shape index (κ3) is 5.27. The van der Waals surface area contributed by atoms with Crippen LogP contribution in [0.15, 0.2) is 218 Å². The summed E-state index contributed by atoms with van der Waals surface area (Å²) in [4.78, 5) is 4.79. The molecule has 290 valence electrons. The van der Waals surface area contributed by atoms with Crippen LogP contribution in [0.2, 0.25) is 0 Å². The van der Waals surface area contributed by atoms with E-state index < -0.39 is 5.41 Å². The SMILES string of the molecule is CC1(C)c2ccccc2C2(c3ccccc3-c3ccc(N(c4ccc(N(c5ccccc5)c5ccccc5)cc4)c4ccc5sc6ccccc6c5c4)cc32)c2ccccc21. The summed E-state index contributed by atoms with van der Waals surface area (Å²) < 4.78 is 2.60. The predicted molar refractivity (Wildman–Crippen MR) is 258 cm³/mol. The standard InChI is InChI=1S/C58H42N2S/c1-57(2)50-24-12-14-26-52(50)58(53-27-15-13-25-51(53)57)49-23-11-9-21-45(49)46-35-33-44(38-54(46)58)60(43-34-36-56-48(37-43)47-22-10-16-28-55(47)61-56)42-31-29-41(30-32-42)59(39-17-5-3-6-18-39)40-19-7-4-8-20-40/h3-38H,1-2H3. The first-order valence-corrected chi connectivity index (χ1v) is 22.0. The number of benzene rings is 9. The summed E-state index contributed by atoms with van der Waals surface area (Å²) in [6, 6.07) is 80.9. The van der Waals surface area contributed by atoms with Crippen molar-refractivity contribution < 1.29 is 0 Å². The molecule has 0 aliphatic heterocycles. The summed E-state index contributed by atoms with van der Waals surface area (Å²) in [5.41, 5.74) is 16.8. The van der Waals surface area contributed by atoms with E-state index >= 15 is 0 Å². The minimum Gasteiger partial charge on any atom is -0.311 e. The molecule has 0 saturated carbocycles. The fourth-order valence-electron chi connectivity index (χ4n) is 10.6. The maximum absolute atomic E-state index is 2.51. The van der Waals surface area contributed by atoms with Crippen LogP contribution in [-0.4, -0.2) is 0 Å². The van der Waals surface area contributed by atoms with E-state index in [1.54, 1.807) is 0 Å². The molecule has 2 aliphatic carbocycles. The van der Waals surface area contributed by atoms with Crippen LogP contribution in [0.25, 0.3) is 31.3 Å². The summed E-state index contributed by atoms with van der Waals surface area (Å²) in [6.45, 7) is 4.78. The van der Waals surface area contributed by atoms with Crippen LogP contribution in [0.1, 0.15) is 47.2 Å². The van der Waals surface area contributed by atoms with E-state index in [2.05, 4.69) is 242 Å². The fraction of sp³-hybridized carbons (Fsp3) is 0.0690. The molecule has 2 nitrogen and oxygen atoms in total. The molecule has 0 radical (unpaired) electrons. The molecule has 12 rings (SSSR count). The molecule has 0 saturated heterocycles. The van der Waals surface area contributed by atoms with Gasteiger partial charge in [0.25, 0.3) is 0 Å². The van der Waals surface area contributed by atoms with Crippen molar-refractivity contribution in [2.75, 3.05) is 9.80 Å². The lowest BCUT2D eigenvalue weighted by molar-refractivity contribution is 0.563. The van der Waals surface area contributed by atoms with Gasteiger partial charge in [0.05, 0.1) is 5.41 Å². The quantitative estimate of drug-likeness (QED) is 0.165. The van der Waals surface area contributed by atoms with Crippen molar-refractivity contribution in [1.82, 2.24) is 0 Å². The minimum absolute atomic E-state index is 0.159. The molecule has 61 heavy (non-hydrogen) atoms. The van der Waals surface area contributed by atoms with Crippen LogP contribution in [0.5, 0.6) is 0 Å². The number of hydrogen-bond acceptors (Lipinski definition) is 3. The van der Waals surface area contributed by atoms with Gasteiger partial charge in [-0.15, -0.1) is 11.3 Å². The van der Waals surface area contributed by atoms with Crippen molar-refractivity contribution in [3.63, 3.8) is 0 Å². The van der Waals surface area contributed by atoms with Crippen LogP contribution >= 0.6 is 11.3 Å². The van der Waals surface area contributed by atoms with Gasteiger partial charge < -0.3 is 9.80 Å². The maximum Gasteiger partial charge on any atom is 0.0720 e. The van der Waals surface area contributed by atoms with E-state index in [0.29, 0.717) is 0 Å². The van der Waals surface area contributed by atoms with Crippen LogP contribution in [0, 0.1) is 0 Å². The third-order valence-corrected chi connectivity index (χ3v) is 14.5. The van der Waals surface area contributed by atoms with Gasteiger partial charge in [-0.3, -0.25) is 0 Å². The molecule has 0 fully saturated rings. The molecule has 0 N–H and O–H groups in total. The molecule has 0 atom stereocenters. The van der Waals surface area contributed by atoms with Gasteiger partial charge in [-0.2, -0.15) is 0 Å². The Kier molecular flexibility index (Phi) is 8.01. The predicted octanol–water partition coefficient (Wildman–Crippen LogP) is 16.0. The molecule has 1 heterocycles. The highest BCUT2D eigenvalue weighted by molar-refractivity contribution is 7.25. The Balaban J connectivity index is 1.10. The molecule has 0 bridgehead atoms. The Morgan fingerprint density at radius 1 is 0.311 bits per heavy atom. The largest absolute Gasteiger partial charge is 0.311 e. The zero-order valence-electron chi connectivity index (χ0n) is 34.1. The normalized spacial score (nSPS) is 14.0. The summed E-state index contributed by atoms with van der Waals surface area (Å²) in [6.07, 6.45) is 0. The molecule has 3 heteroatoms. The van der Waals surface area contributed by atoms with Crippen molar-refractivity contribution in [2.45, 2.75) is 24.7 Å². The van der Waals surface area contributed by atoms with Gasteiger partial charge >= 0.3 is 0 Å². The van der Waals surface area contributed by atoms with Crippen LogP contribution in [0.3, 0.4) is 0 Å². The first-order valence-electron chi connectivity index (χ1n) is 21.2. The monoisotopic (exact) mass is 798 g/mol. The van der Waals surface area contributed by atoms with Crippen molar-refractivity contribution >= 4 is 65.6 Å². The zero-order valence-corrected chi connectivity index (χ0v) is 34.9. The molecule has 2 aliphatic rings. The molecule has 1 spiro atoms. The number of fused-ring (bicyclic) bond motifs is 12. The Morgan fingerprint density at radius 2 is 0.738 bits per heavy atom. The Labute approximate surface area is 361 Å². The fourth-order valence-corrected chi connectivity index (χ4v) is 11.7. The average Bonchev–Trinajstić information content (AvgIpc) is 3.83. The van der Waals surface area contributed by atoms with Gasteiger partial charge in [-0.25, -0.2) is 0 Å². The topological polar surface area (TPSA) is 6.48 Å². The molecular formula is C58H42N2S. The minimum atomic E-state index is -0.487. The van der Waals surface area contributed by atoms with Gasteiger partial charge in [-0.05, 0) is 129 Å². The first kappa shape index (κ1) is 35.7. The lowest BCUT2D eigenvalue weighted by Crippen LogP contribution is -2.40. The first-order chi connectivity index (χ1) is 30.0. The summed E-state index contributed by atoms with van der Waals surface area (Å²) >= 11 is 1.86. The van der Waals surface area contributed by atoms with E-state index in [0.717, 1.165) is 34.1 Å². The molecule has 0 amide bonds. The smallest absolute Gasteiger partial charge is 0.0720 e. The summed E-state index contributed by atoms with van der Waals surface area (Å²) in [5.74, 6) is 0. The van der Waals surface area contributed by atoms with E-state index in [9.17, 15) is 0 Å². The van der Waals surface area contributed by atoms with E-state index in [1.165, 1.54) is 64.7 Å². The van der Waals surface area contributed by atoms with E-state index in [-0.39, 0.29) is 5.41 Å². The second-order valence-corrected chi connectivity index (χ2v) is 18.0.